The molecular weight excluding hydrogens is 268 g/mol. The molecule has 2 heterocycles. The molecule has 0 radical (unpaired) electrons. The molecule has 0 aliphatic heterocycles. The van der Waals surface area contributed by atoms with Gasteiger partial charge in [0, 0.05) is 18.2 Å². The highest BCUT2D eigenvalue weighted by atomic mass is 16.4. The maximum Gasteiger partial charge on any atom is 0.347 e. The second-order valence-electron chi connectivity index (χ2n) is 6.43. The van der Waals surface area contributed by atoms with Gasteiger partial charge in [0.05, 0.1) is 5.56 Å². The van der Waals surface area contributed by atoms with Gasteiger partial charge in [-0.15, -0.1) is 0 Å². The fourth-order valence-corrected chi connectivity index (χ4v) is 3.19. The van der Waals surface area contributed by atoms with E-state index in [9.17, 15) is 9.59 Å². The van der Waals surface area contributed by atoms with Crippen LogP contribution in [-0.2, 0) is 6.42 Å². The maximum absolute atomic E-state index is 12.5. The van der Waals surface area contributed by atoms with Crippen LogP contribution in [0, 0.1) is 5.41 Å². The van der Waals surface area contributed by atoms with E-state index in [4.69, 9.17) is 8.83 Å². The number of Topliss-reactive ketones (excluding diaryl/α,β-unsaturated/α-hetero) is 1. The number of rotatable bonds is 0. The van der Waals surface area contributed by atoms with Crippen LogP contribution in [0.2, 0.25) is 0 Å². The monoisotopic (exact) mass is 282 g/mol. The Bertz CT molecular complexity index is 956. The van der Waals surface area contributed by atoms with Crippen molar-refractivity contribution in [3.63, 3.8) is 0 Å². The third-order valence-corrected chi connectivity index (χ3v) is 4.08. The maximum atomic E-state index is 12.5. The van der Waals surface area contributed by atoms with Gasteiger partial charge in [0.1, 0.15) is 16.7 Å². The summed E-state index contributed by atoms with van der Waals surface area (Å²) in [7, 11) is 0. The number of carbonyl (C=O) groups is 1. The van der Waals surface area contributed by atoms with Crippen LogP contribution in [0.15, 0.2) is 37.9 Å². The minimum absolute atomic E-state index is 0.0194. The van der Waals surface area contributed by atoms with Gasteiger partial charge in [0.2, 0.25) is 0 Å². The smallest absolute Gasteiger partial charge is 0.347 e. The molecular formula is C17H14O4. The van der Waals surface area contributed by atoms with Crippen molar-refractivity contribution in [1.82, 2.24) is 0 Å². The first kappa shape index (κ1) is 12.4. The summed E-state index contributed by atoms with van der Waals surface area (Å²) in [5.41, 5.74) is 0.799. The second kappa shape index (κ2) is 3.85. The molecule has 1 aromatic carbocycles. The van der Waals surface area contributed by atoms with Crippen LogP contribution in [0.4, 0.5) is 0 Å². The molecule has 0 spiro atoms. The van der Waals surface area contributed by atoms with Gasteiger partial charge >= 0.3 is 5.63 Å². The number of ketones is 1. The zero-order valence-corrected chi connectivity index (χ0v) is 11.9. The van der Waals surface area contributed by atoms with E-state index in [1.54, 1.807) is 6.07 Å². The minimum Gasteiger partial charge on any atom is -0.455 e. The molecule has 0 fully saturated rings. The van der Waals surface area contributed by atoms with E-state index < -0.39 is 5.63 Å². The van der Waals surface area contributed by atoms with Gasteiger partial charge < -0.3 is 8.83 Å². The highest BCUT2D eigenvalue weighted by molar-refractivity contribution is 6.14. The number of furan rings is 1. The first-order valence-electron chi connectivity index (χ1n) is 6.97. The third-order valence-electron chi connectivity index (χ3n) is 4.08. The van der Waals surface area contributed by atoms with Crippen LogP contribution in [0.3, 0.4) is 0 Å². The van der Waals surface area contributed by atoms with Crippen LogP contribution in [-0.4, -0.2) is 5.78 Å². The molecule has 0 N–H and O–H groups in total. The average Bonchev–Trinajstić information content (AvgIpc) is 2.75. The molecule has 4 rings (SSSR count). The van der Waals surface area contributed by atoms with E-state index in [0.717, 1.165) is 0 Å². The van der Waals surface area contributed by atoms with Crippen molar-refractivity contribution < 1.29 is 13.6 Å². The molecule has 1 aliphatic rings. The van der Waals surface area contributed by atoms with Crippen molar-refractivity contribution in [1.29, 1.82) is 0 Å². The third kappa shape index (κ3) is 1.68. The molecule has 0 amide bonds. The minimum atomic E-state index is -0.431. The normalized spacial score (nSPS) is 17.3. The molecule has 1 aliphatic carbocycles. The summed E-state index contributed by atoms with van der Waals surface area (Å²) < 4.78 is 11.2. The molecule has 0 atom stereocenters. The van der Waals surface area contributed by atoms with E-state index in [0.29, 0.717) is 46.1 Å². The number of hydrogen-bond donors (Lipinski definition) is 0. The summed E-state index contributed by atoms with van der Waals surface area (Å²) >= 11 is 0. The molecule has 0 saturated heterocycles. The van der Waals surface area contributed by atoms with Gasteiger partial charge in [-0.25, -0.2) is 4.79 Å². The van der Waals surface area contributed by atoms with Crippen molar-refractivity contribution >= 4 is 27.7 Å². The second-order valence-corrected chi connectivity index (χ2v) is 6.43. The summed E-state index contributed by atoms with van der Waals surface area (Å²) in [5, 5.41) is 1.07. The van der Waals surface area contributed by atoms with Crippen LogP contribution >= 0.6 is 0 Å². The fraction of sp³-hybridized carbons (Fsp3) is 0.294. The summed E-state index contributed by atoms with van der Waals surface area (Å²) in [6.07, 6.45) is 0.996. The Kier molecular flexibility index (Phi) is 2.27. The summed E-state index contributed by atoms with van der Waals surface area (Å²) in [5.74, 6) is 0.432. The van der Waals surface area contributed by atoms with Gasteiger partial charge in [-0.05, 0) is 11.5 Å². The van der Waals surface area contributed by atoms with E-state index in [1.165, 1.54) is 0 Å². The van der Waals surface area contributed by atoms with Crippen molar-refractivity contribution in [3.05, 3.63) is 46.0 Å². The van der Waals surface area contributed by atoms with Gasteiger partial charge in [0.25, 0.3) is 0 Å². The van der Waals surface area contributed by atoms with Crippen molar-refractivity contribution in [2.75, 3.05) is 0 Å². The number of carbonyl (C=O) groups excluding carboxylic acids is 1. The van der Waals surface area contributed by atoms with Gasteiger partial charge in [-0.3, -0.25) is 4.79 Å². The van der Waals surface area contributed by atoms with Crippen molar-refractivity contribution in [2.24, 2.45) is 5.41 Å². The molecule has 3 aromatic rings. The Labute approximate surface area is 120 Å². The van der Waals surface area contributed by atoms with Crippen LogP contribution < -0.4 is 5.63 Å². The number of fused-ring (bicyclic) bond motifs is 5. The Balaban J connectivity index is 2.18. The summed E-state index contributed by atoms with van der Waals surface area (Å²) in [6, 6.07) is 7.27. The van der Waals surface area contributed by atoms with Gasteiger partial charge in [0.15, 0.2) is 11.4 Å². The quantitative estimate of drug-likeness (QED) is 0.631. The lowest BCUT2D eigenvalue weighted by Gasteiger charge is -2.28. The Morgan fingerprint density at radius 2 is 1.81 bits per heavy atom. The zero-order chi connectivity index (χ0) is 14.8. The largest absolute Gasteiger partial charge is 0.455 e. The standard InChI is InChI=1S/C17H14O4/c1-17(2)7-10(18)14-12(8-17)21-16(19)13-9-5-3-4-6-11(9)20-15(13)14/h3-6H,7-8H2,1-2H3. The topological polar surface area (TPSA) is 60.4 Å². The molecule has 4 heteroatoms. The average molecular weight is 282 g/mol. The predicted molar refractivity (Wildman–Crippen MR) is 78.7 cm³/mol. The predicted octanol–water partition coefficient (Wildman–Crippen LogP) is 3.69. The van der Waals surface area contributed by atoms with Crippen LogP contribution in [0.25, 0.3) is 21.9 Å². The molecule has 0 bridgehead atoms. The van der Waals surface area contributed by atoms with E-state index in [2.05, 4.69) is 0 Å². The van der Waals surface area contributed by atoms with Gasteiger partial charge in [-0.1, -0.05) is 32.0 Å². The Morgan fingerprint density at radius 1 is 1.05 bits per heavy atom. The first-order valence-corrected chi connectivity index (χ1v) is 6.97. The molecule has 0 saturated carbocycles. The zero-order valence-electron chi connectivity index (χ0n) is 11.9. The number of para-hydroxylation sites is 1. The summed E-state index contributed by atoms with van der Waals surface area (Å²) in [6.45, 7) is 3.99. The lowest BCUT2D eigenvalue weighted by Crippen LogP contribution is -2.28. The molecule has 4 nitrogen and oxygen atoms in total. The van der Waals surface area contributed by atoms with E-state index in [1.807, 2.05) is 32.0 Å². The van der Waals surface area contributed by atoms with E-state index >= 15 is 0 Å². The van der Waals surface area contributed by atoms with Crippen LogP contribution in [0.1, 0.15) is 36.4 Å². The SMILES string of the molecule is CC1(C)CC(=O)c2c(oc(=O)c3c2oc2ccccc23)C1. The molecule has 2 aromatic heterocycles. The number of benzene rings is 1. The molecule has 106 valence electrons. The molecule has 0 unspecified atom stereocenters. The number of hydrogen-bond acceptors (Lipinski definition) is 4. The van der Waals surface area contributed by atoms with Gasteiger partial charge in [-0.2, -0.15) is 0 Å². The summed E-state index contributed by atoms with van der Waals surface area (Å²) in [4.78, 5) is 24.8. The van der Waals surface area contributed by atoms with E-state index in [-0.39, 0.29) is 11.2 Å². The highest BCUT2D eigenvalue weighted by Crippen LogP contribution is 2.39. The Hall–Kier alpha value is -2.36. The van der Waals surface area contributed by atoms with Crippen molar-refractivity contribution in [2.45, 2.75) is 26.7 Å². The lowest BCUT2D eigenvalue weighted by molar-refractivity contribution is 0.0899. The molecule has 21 heavy (non-hydrogen) atoms. The highest BCUT2D eigenvalue weighted by Gasteiger charge is 2.36. The Morgan fingerprint density at radius 3 is 2.62 bits per heavy atom. The lowest BCUT2D eigenvalue weighted by atomic mass is 9.76. The fourth-order valence-electron chi connectivity index (χ4n) is 3.19. The van der Waals surface area contributed by atoms with Crippen LogP contribution in [0.5, 0.6) is 0 Å². The first-order chi connectivity index (χ1) is 9.96. The van der Waals surface area contributed by atoms with Crippen molar-refractivity contribution in [3.8, 4) is 0 Å².